The van der Waals surface area contributed by atoms with E-state index in [0.29, 0.717) is 12.1 Å². The van der Waals surface area contributed by atoms with Gasteiger partial charge in [-0.25, -0.2) is 13.7 Å². The highest BCUT2D eigenvalue weighted by molar-refractivity contribution is 7.66. The molecule has 2 aliphatic rings. The van der Waals surface area contributed by atoms with Crippen LogP contribution in [0, 0.1) is 5.41 Å². The van der Waals surface area contributed by atoms with Crippen molar-refractivity contribution < 1.29 is 56.3 Å². The minimum Gasteiger partial charge on any atom is -0.390 e. The molecular formula is C15H26NO12P3. The van der Waals surface area contributed by atoms with E-state index in [0.717, 1.165) is 11.1 Å². The van der Waals surface area contributed by atoms with Gasteiger partial charge < -0.3 is 34.3 Å². The van der Waals surface area contributed by atoms with Gasteiger partial charge in [0.2, 0.25) is 0 Å². The van der Waals surface area contributed by atoms with E-state index in [9.17, 15) is 28.6 Å². The molecule has 0 amide bonds. The Hall–Kier alpha value is -0.650. The molecule has 0 spiro atoms. The van der Waals surface area contributed by atoms with Gasteiger partial charge in [0.05, 0.1) is 12.7 Å². The van der Waals surface area contributed by atoms with Gasteiger partial charge in [-0.15, -0.1) is 0 Å². The molecule has 5 unspecified atom stereocenters. The smallest absolute Gasteiger partial charge is 0.390 e. The van der Waals surface area contributed by atoms with Crippen molar-refractivity contribution in [3.05, 3.63) is 36.2 Å². The molecule has 0 aromatic rings. The molecule has 31 heavy (non-hydrogen) atoms. The van der Waals surface area contributed by atoms with Crippen molar-refractivity contribution in [1.29, 1.82) is 0 Å². The highest BCUT2D eigenvalue weighted by Crippen LogP contribution is 2.66. The van der Waals surface area contributed by atoms with Crippen LogP contribution in [-0.2, 0) is 31.6 Å². The third kappa shape index (κ3) is 6.68. The van der Waals surface area contributed by atoms with Crippen molar-refractivity contribution in [2.45, 2.75) is 45.6 Å². The number of rotatable bonds is 8. The zero-order valence-electron chi connectivity index (χ0n) is 17.0. The predicted molar refractivity (Wildman–Crippen MR) is 107 cm³/mol. The molecule has 2 rings (SSSR count). The van der Waals surface area contributed by atoms with Gasteiger partial charge in [0.25, 0.3) is 0 Å². The topological polar surface area (TPSA) is 193 Å². The van der Waals surface area contributed by atoms with E-state index in [4.69, 9.17) is 14.5 Å². The third-order valence-electron chi connectivity index (χ3n) is 4.80. The SMILES string of the molecule is C=C1CC(=C)N(C2OC(COP(=O)(O)OP(=O)(O)OP(=O)(O)O)C(O)C2(C)C)C=C1C. The molecule has 5 N–H and O–H groups in total. The number of aliphatic hydroxyl groups is 1. The molecule has 0 saturated carbocycles. The summed E-state index contributed by atoms with van der Waals surface area (Å²) in [7, 11) is -16.5. The number of allylic oxidation sites excluding steroid dienone is 2. The van der Waals surface area contributed by atoms with Crippen LogP contribution in [0.25, 0.3) is 0 Å². The van der Waals surface area contributed by atoms with Crippen molar-refractivity contribution in [2.24, 2.45) is 5.41 Å². The Balaban J connectivity index is 2.10. The van der Waals surface area contributed by atoms with Crippen LogP contribution < -0.4 is 0 Å². The largest absolute Gasteiger partial charge is 0.490 e. The highest BCUT2D eigenvalue weighted by atomic mass is 31.3. The maximum atomic E-state index is 11.9. The van der Waals surface area contributed by atoms with Crippen LogP contribution in [0.1, 0.15) is 27.2 Å². The van der Waals surface area contributed by atoms with Gasteiger partial charge in [0.15, 0.2) is 0 Å². The van der Waals surface area contributed by atoms with E-state index in [1.807, 2.05) is 6.92 Å². The standard InChI is InChI=1S/C15H26NO12P3/c1-9-6-11(3)16(7-10(9)2)14-15(4,5)13(17)12(26-14)8-25-30(21,22)28-31(23,24)27-29(18,19)20/h7,12-14,17H,1,3,6,8H2,2,4-5H3,(H,21,22)(H,23,24)(H2,18,19,20). The molecule has 2 aliphatic heterocycles. The van der Waals surface area contributed by atoms with Gasteiger partial charge in [-0.05, 0) is 18.1 Å². The van der Waals surface area contributed by atoms with Crippen molar-refractivity contribution in [3.8, 4) is 0 Å². The van der Waals surface area contributed by atoms with Gasteiger partial charge in [-0.2, -0.15) is 8.62 Å². The van der Waals surface area contributed by atoms with Gasteiger partial charge >= 0.3 is 23.5 Å². The van der Waals surface area contributed by atoms with Crippen molar-refractivity contribution >= 4 is 23.5 Å². The summed E-state index contributed by atoms with van der Waals surface area (Å²) >= 11 is 0. The van der Waals surface area contributed by atoms with Crippen LogP contribution in [0.2, 0.25) is 0 Å². The van der Waals surface area contributed by atoms with Crippen molar-refractivity contribution in [3.63, 3.8) is 0 Å². The molecule has 0 aliphatic carbocycles. The fourth-order valence-corrected chi connectivity index (χ4v) is 6.20. The Morgan fingerprint density at radius 1 is 1.16 bits per heavy atom. The molecule has 16 heteroatoms. The Labute approximate surface area is 179 Å². The number of phosphoric acid groups is 3. The van der Waals surface area contributed by atoms with Crippen LogP contribution in [0.3, 0.4) is 0 Å². The number of phosphoric ester groups is 1. The summed E-state index contributed by atoms with van der Waals surface area (Å²) in [5, 5.41) is 10.7. The first-order valence-electron chi connectivity index (χ1n) is 8.79. The third-order valence-corrected chi connectivity index (χ3v) is 8.60. The zero-order valence-corrected chi connectivity index (χ0v) is 19.7. The normalized spacial score (nSPS) is 30.6. The monoisotopic (exact) mass is 505 g/mol. The number of hydrogen-bond acceptors (Lipinski definition) is 9. The summed E-state index contributed by atoms with van der Waals surface area (Å²) in [6, 6.07) is 0. The van der Waals surface area contributed by atoms with Gasteiger partial charge in [-0.1, -0.05) is 27.0 Å². The molecule has 178 valence electrons. The molecule has 0 aromatic carbocycles. The average molecular weight is 505 g/mol. The molecule has 1 fully saturated rings. The lowest BCUT2D eigenvalue weighted by molar-refractivity contribution is -0.0673. The second kappa shape index (κ2) is 8.95. The van der Waals surface area contributed by atoms with Gasteiger partial charge in [-0.3, -0.25) is 4.52 Å². The van der Waals surface area contributed by atoms with Crippen LogP contribution in [0.4, 0.5) is 0 Å². The van der Waals surface area contributed by atoms with E-state index in [1.165, 1.54) is 0 Å². The Bertz CT molecular complexity index is 924. The number of aliphatic hydroxyl groups excluding tert-OH is 1. The summed E-state index contributed by atoms with van der Waals surface area (Å²) < 4.78 is 51.7. The van der Waals surface area contributed by atoms with Gasteiger partial charge in [0.1, 0.15) is 12.3 Å². The lowest BCUT2D eigenvalue weighted by atomic mass is 9.83. The summed E-state index contributed by atoms with van der Waals surface area (Å²) in [6.45, 7) is 12.4. The zero-order chi connectivity index (χ0) is 24.0. The minimum atomic E-state index is -5.63. The molecule has 1 saturated heterocycles. The maximum absolute atomic E-state index is 11.9. The van der Waals surface area contributed by atoms with Crippen LogP contribution >= 0.6 is 23.5 Å². The fourth-order valence-electron chi connectivity index (χ4n) is 3.17. The quantitative estimate of drug-likeness (QED) is 0.302. The van der Waals surface area contributed by atoms with E-state index in [1.54, 1.807) is 24.9 Å². The lowest BCUT2D eigenvalue weighted by Gasteiger charge is -2.40. The molecule has 13 nitrogen and oxygen atoms in total. The van der Waals surface area contributed by atoms with Gasteiger partial charge in [0, 0.05) is 23.7 Å². The van der Waals surface area contributed by atoms with E-state index in [-0.39, 0.29) is 0 Å². The van der Waals surface area contributed by atoms with Crippen molar-refractivity contribution in [2.75, 3.05) is 6.61 Å². The Kier molecular flexibility index (Phi) is 7.68. The predicted octanol–water partition coefficient (Wildman–Crippen LogP) is 2.12. The van der Waals surface area contributed by atoms with Crippen LogP contribution in [0.5, 0.6) is 0 Å². The first kappa shape index (κ1) is 26.6. The molecule has 5 atom stereocenters. The van der Waals surface area contributed by atoms with E-state index >= 15 is 0 Å². The molecule has 0 aromatic heterocycles. The number of nitrogens with zero attached hydrogens (tertiary/aromatic N) is 1. The minimum absolute atomic E-state index is 0.487. The Morgan fingerprint density at radius 2 is 1.74 bits per heavy atom. The second-order valence-corrected chi connectivity index (χ2v) is 12.2. The highest BCUT2D eigenvalue weighted by Gasteiger charge is 2.53. The molecule has 0 bridgehead atoms. The fraction of sp³-hybridized carbons (Fsp3) is 0.600. The second-order valence-electron chi connectivity index (χ2n) is 7.75. The summed E-state index contributed by atoms with van der Waals surface area (Å²) in [6.07, 6.45) is -0.834. The first-order valence-corrected chi connectivity index (χ1v) is 13.3. The molecule has 2 heterocycles. The van der Waals surface area contributed by atoms with Crippen LogP contribution in [-0.4, -0.2) is 54.6 Å². The molecule has 0 radical (unpaired) electrons. The molecular weight excluding hydrogens is 479 g/mol. The number of ether oxygens (including phenoxy) is 1. The first-order chi connectivity index (χ1) is 13.8. The summed E-state index contributed by atoms with van der Waals surface area (Å²) in [5.74, 6) is 0. The summed E-state index contributed by atoms with van der Waals surface area (Å²) in [5.41, 5.74) is 1.52. The maximum Gasteiger partial charge on any atom is 0.490 e. The van der Waals surface area contributed by atoms with E-state index < -0.39 is 53.9 Å². The summed E-state index contributed by atoms with van der Waals surface area (Å²) in [4.78, 5) is 37.6. The Morgan fingerprint density at radius 3 is 2.29 bits per heavy atom. The lowest BCUT2D eigenvalue weighted by Crippen LogP contribution is -2.44. The van der Waals surface area contributed by atoms with Crippen LogP contribution in [0.15, 0.2) is 36.2 Å². The average Bonchev–Trinajstić information content (AvgIpc) is 2.76. The number of hydrogen-bond donors (Lipinski definition) is 5. The van der Waals surface area contributed by atoms with Crippen molar-refractivity contribution in [1.82, 2.24) is 4.90 Å². The van der Waals surface area contributed by atoms with E-state index in [2.05, 4.69) is 26.3 Å².